The Morgan fingerprint density at radius 1 is 0.913 bits per heavy atom. The van der Waals surface area contributed by atoms with E-state index in [9.17, 15) is 9.59 Å². The Hall–Kier alpha value is -1.98. The van der Waals surface area contributed by atoms with Crippen LogP contribution in [0.3, 0.4) is 0 Å². The SMILES string of the molecule is O=C1C=C(c2ccc(Br)cc2)OC1=CC(=O)c1ccc(Br)cc1. The number of hydrogen-bond acceptors (Lipinski definition) is 3. The van der Waals surface area contributed by atoms with Crippen molar-refractivity contribution in [1.29, 1.82) is 0 Å². The molecule has 2 aromatic carbocycles. The van der Waals surface area contributed by atoms with E-state index in [0.717, 1.165) is 14.5 Å². The highest BCUT2D eigenvalue weighted by atomic mass is 79.9. The summed E-state index contributed by atoms with van der Waals surface area (Å²) in [6, 6.07) is 14.3. The maximum Gasteiger partial charge on any atom is 0.224 e. The van der Waals surface area contributed by atoms with Crippen molar-refractivity contribution in [2.45, 2.75) is 0 Å². The third-order valence-corrected chi connectivity index (χ3v) is 4.30. The molecule has 3 nitrogen and oxygen atoms in total. The summed E-state index contributed by atoms with van der Waals surface area (Å²) in [6.45, 7) is 0. The molecule has 1 heterocycles. The van der Waals surface area contributed by atoms with Crippen LogP contribution >= 0.6 is 31.9 Å². The van der Waals surface area contributed by atoms with Crippen molar-refractivity contribution in [3.8, 4) is 0 Å². The van der Waals surface area contributed by atoms with Crippen molar-refractivity contribution >= 4 is 49.2 Å². The molecular weight excluding hydrogens is 424 g/mol. The van der Waals surface area contributed by atoms with Gasteiger partial charge in [-0.1, -0.05) is 44.0 Å². The maximum atomic E-state index is 12.2. The fourth-order valence-electron chi connectivity index (χ4n) is 2.06. The zero-order chi connectivity index (χ0) is 16.4. The number of carbonyl (C=O) groups excluding carboxylic acids is 2. The molecular formula is C18H10Br2O3. The minimum Gasteiger partial charge on any atom is -0.452 e. The molecule has 2 aromatic rings. The highest BCUT2D eigenvalue weighted by Gasteiger charge is 2.23. The van der Waals surface area contributed by atoms with Crippen molar-refractivity contribution in [1.82, 2.24) is 0 Å². The number of carbonyl (C=O) groups is 2. The predicted molar refractivity (Wildman–Crippen MR) is 94.8 cm³/mol. The van der Waals surface area contributed by atoms with E-state index in [1.54, 1.807) is 24.3 Å². The van der Waals surface area contributed by atoms with Crippen LogP contribution in [0.5, 0.6) is 0 Å². The summed E-state index contributed by atoms with van der Waals surface area (Å²) in [5.41, 5.74) is 1.27. The average molecular weight is 434 g/mol. The lowest BCUT2D eigenvalue weighted by atomic mass is 10.1. The number of ether oxygens (including phenoxy) is 1. The predicted octanol–water partition coefficient (Wildman–Crippen LogP) is 4.92. The molecule has 0 atom stereocenters. The zero-order valence-electron chi connectivity index (χ0n) is 11.8. The largest absolute Gasteiger partial charge is 0.452 e. The molecule has 0 bridgehead atoms. The van der Waals surface area contributed by atoms with Gasteiger partial charge in [-0.05, 0) is 36.4 Å². The monoisotopic (exact) mass is 432 g/mol. The standard InChI is InChI=1S/C18H10Br2O3/c19-13-5-1-11(2-6-13)15(21)9-18-16(22)10-17(23-18)12-3-7-14(20)8-4-12/h1-10H. The average Bonchev–Trinajstić information content (AvgIpc) is 2.89. The quantitative estimate of drug-likeness (QED) is 0.509. The molecule has 1 aliphatic heterocycles. The van der Waals surface area contributed by atoms with E-state index >= 15 is 0 Å². The molecule has 114 valence electrons. The van der Waals surface area contributed by atoms with Crippen LogP contribution in [-0.2, 0) is 9.53 Å². The summed E-state index contributed by atoms with van der Waals surface area (Å²) in [5.74, 6) is -0.104. The first kappa shape index (κ1) is 15.9. The third kappa shape index (κ3) is 3.68. The summed E-state index contributed by atoms with van der Waals surface area (Å²) >= 11 is 6.67. The van der Waals surface area contributed by atoms with Gasteiger partial charge in [-0.25, -0.2) is 0 Å². The molecule has 0 spiro atoms. The maximum absolute atomic E-state index is 12.2. The van der Waals surface area contributed by atoms with Gasteiger partial charge in [0.1, 0.15) is 5.76 Å². The van der Waals surface area contributed by atoms with Crippen LogP contribution in [0, 0.1) is 0 Å². The number of benzene rings is 2. The van der Waals surface area contributed by atoms with E-state index < -0.39 is 0 Å². The number of ketones is 2. The van der Waals surface area contributed by atoms with Gasteiger partial charge in [-0.15, -0.1) is 0 Å². The van der Waals surface area contributed by atoms with Gasteiger partial charge in [0.2, 0.25) is 5.78 Å². The van der Waals surface area contributed by atoms with Gasteiger partial charge >= 0.3 is 0 Å². The van der Waals surface area contributed by atoms with E-state index in [-0.39, 0.29) is 17.3 Å². The van der Waals surface area contributed by atoms with E-state index in [1.807, 2.05) is 24.3 Å². The molecule has 0 saturated carbocycles. The van der Waals surface area contributed by atoms with Crippen LogP contribution in [-0.4, -0.2) is 11.6 Å². The van der Waals surface area contributed by atoms with Gasteiger partial charge in [0.25, 0.3) is 0 Å². The Morgan fingerprint density at radius 3 is 2.09 bits per heavy atom. The minimum atomic E-state index is -0.312. The van der Waals surface area contributed by atoms with Gasteiger partial charge in [-0.3, -0.25) is 9.59 Å². The summed E-state index contributed by atoms with van der Waals surface area (Å²) < 4.78 is 7.36. The van der Waals surface area contributed by atoms with Gasteiger partial charge in [0, 0.05) is 32.2 Å². The smallest absolute Gasteiger partial charge is 0.224 e. The highest BCUT2D eigenvalue weighted by Crippen LogP contribution is 2.27. The minimum absolute atomic E-state index is 0.0378. The fourth-order valence-corrected chi connectivity index (χ4v) is 2.59. The van der Waals surface area contributed by atoms with Crippen LogP contribution in [0.1, 0.15) is 15.9 Å². The molecule has 0 aliphatic carbocycles. The zero-order valence-corrected chi connectivity index (χ0v) is 14.9. The molecule has 23 heavy (non-hydrogen) atoms. The molecule has 1 aliphatic rings. The molecule has 0 aromatic heterocycles. The number of allylic oxidation sites excluding steroid dienone is 2. The Morgan fingerprint density at radius 2 is 1.48 bits per heavy atom. The fraction of sp³-hybridized carbons (Fsp3) is 0. The Bertz CT molecular complexity index is 832. The van der Waals surface area contributed by atoms with Crippen molar-refractivity contribution in [2.75, 3.05) is 0 Å². The van der Waals surface area contributed by atoms with Gasteiger partial charge < -0.3 is 4.74 Å². The Balaban J connectivity index is 1.80. The number of hydrogen-bond donors (Lipinski definition) is 0. The first-order valence-electron chi connectivity index (χ1n) is 6.74. The summed E-state index contributed by atoms with van der Waals surface area (Å²) in [5, 5.41) is 0. The lowest BCUT2D eigenvalue weighted by Gasteiger charge is -2.04. The normalized spacial score (nSPS) is 15.5. The van der Waals surface area contributed by atoms with E-state index in [1.165, 1.54) is 12.2 Å². The second-order valence-electron chi connectivity index (χ2n) is 4.86. The molecule has 0 radical (unpaired) electrons. The summed E-state index contributed by atoms with van der Waals surface area (Å²) in [7, 11) is 0. The Labute approximate surface area is 149 Å². The second kappa shape index (κ2) is 6.64. The summed E-state index contributed by atoms with van der Waals surface area (Å²) in [6.07, 6.45) is 2.62. The van der Waals surface area contributed by atoms with Crippen molar-refractivity contribution < 1.29 is 14.3 Å². The lowest BCUT2D eigenvalue weighted by Crippen LogP contribution is -2.01. The second-order valence-corrected chi connectivity index (χ2v) is 6.69. The number of rotatable bonds is 3. The third-order valence-electron chi connectivity index (χ3n) is 3.24. The molecule has 0 unspecified atom stereocenters. The van der Waals surface area contributed by atoms with E-state index in [4.69, 9.17) is 4.74 Å². The molecule has 5 heteroatoms. The van der Waals surface area contributed by atoms with E-state index in [2.05, 4.69) is 31.9 Å². The van der Waals surface area contributed by atoms with Gasteiger partial charge in [-0.2, -0.15) is 0 Å². The molecule has 0 N–H and O–H groups in total. The number of halogens is 2. The summed E-state index contributed by atoms with van der Waals surface area (Å²) in [4.78, 5) is 24.2. The topological polar surface area (TPSA) is 43.4 Å². The molecule has 0 amide bonds. The Kier molecular flexibility index (Phi) is 4.59. The first-order chi connectivity index (χ1) is 11.0. The molecule has 3 rings (SSSR count). The van der Waals surface area contributed by atoms with Crippen molar-refractivity contribution in [3.63, 3.8) is 0 Å². The van der Waals surface area contributed by atoms with Crippen LogP contribution in [0.4, 0.5) is 0 Å². The van der Waals surface area contributed by atoms with Crippen LogP contribution in [0.15, 0.2) is 75.4 Å². The lowest BCUT2D eigenvalue weighted by molar-refractivity contribution is -0.112. The highest BCUT2D eigenvalue weighted by molar-refractivity contribution is 9.10. The van der Waals surface area contributed by atoms with Gasteiger partial charge in [0.15, 0.2) is 11.5 Å². The van der Waals surface area contributed by atoms with Crippen molar-refractivity contribution in [3.05, 3.63) is 86.5 Å². The first-order valence-corrected chi connectivity index (χ1v) is 8.33. The van der Waals surface area contributed by atoms with Crippen molar-refractivity contribution in [2.24, 2.45) is 0 Å². The van der Waals surface area contributed by atoms with Crippen LogP contribution < -0.4 is 0 Å². The van der Waals surface area contributed by atoms with Crippen LogP contribution in [0.2, 0.25) is 0 Å². The van der Waals surface area contributed by atoms with Crippen LogP contribution in [0.25, 0.3) is 5.76 Å². The molecule has 0 saturated heterocycles. The van der Waals surface area contributed by atoms with E-state index in [0.29, 0.717) is 11.3 Å². The van der Waals surface area contributed by atoms with Gasteiger partial charge in [0.05, 0.1) is 0 Å². The molecule has 0 fully saturated rings.